The fourth-order valence-electron chi connectivity index (χ4n) is 4.60. The SMILES string of the molecule is COc1ccccc1CN(C)CC(=O)NCC1(N2CCOCC2)CCCCC1. The monoisotopic (exact) mass is 389 g/mol. The minimum Gasteiger partial charge on any atom is -0.496 e. The van der Waals surface area contributed by atoms with E-state index in [0.717, 1.165) is 44.2 Å². The molecule has 1 heterocycles. The van der Waals surface area contributed by atoms with Crippen molar-refractivity contribution in [2.45, 2.75) is 44.2 Å². The predicted octanol–water partition coefficient (Wildman–Crippen LogP) is 2.28. The third kappa shape index (κ3) is 5.46. The highest BCUT2D eigenvalue weighted by atomic mass is 16.5. The van der Waals surface area contributed by atoms with Crippen LogP contribution in [-0.4, -0.2) is 74.8 Å². The largest absolute Gasteiger partial charge is 0.496 e. The molecule has 0 aromatic heterocycles. The molecule has 0 spiro atoms. The van der Waals surface area contributed by atoms with Crippen LogP contribution in [0.25, 0.3) is 0 Å². The number of morpholine rings is 1. The minimum atomic E-state index is 0.0932. The molecule has 0 atom stereocenters. The summed E-state index contributed by atoms with van der Waals surface area (Å²) in [6, 6.07) is 7.96. The Morgan fingerprint density at radius 2 is 1.93 bits per heavy atom. The molecular formula is C22H35N3O3. The number of nitrogens with zero attached hydrogens (tertiary/aromatic N) is 2. The van der Waals surface area contributed by atoms with Gasteiger partial charge in [-0.1, -0.05) is 37.5 Å². The van der Waals surface area contributed by atoms with Crippen LogP contribution in [0.15, 0.2) is 24.3 Å². The van der Waals surface area contributed by atoms with Gasteiger partial charge in [0.15, 0.2) is 0 Å². The van der Waals surface area contributed by atoms with Crippen molar-refractivity contribution in [1.82, 2.24) is 15.1 Å². The number of amides is 1. The van der Waals surface area contributed by atoms with Crippen molar-refractivity contribution in [3.05, 3.63) is 29.8 Å². The second-order valence-electron chi connectivity index (χ2n) is 8.15. The molecule has 2 fully saturated rings. The molecule has 0 bridgehead atoms. The Labute approximate surface area is 169 Å². The van der Waals surface area contributed by atoms with Gasteiger partial charge in [-0.25, -0.2) is 0 Å². The number of hydrogen-bond acceptors (Lipinski definition) is 5. The van der Waals surface area contributed by atoms with Gasteiger partial charge in [-0.3, -0.25) is 14.6 Å². The van der Waals surface area contributed by atoms with Gasteiger partial charge in [0, 0.05) is 37.3 Å². The molecule has 1 amide bonds. The number of ether oxygens (including phenoxy) is 2. The number of carbonyl (C=O) groups excluding carboxylic acids is 1. The van der Waals surface area contributed by atoms with E-state index in [9.17, 15) is 4.79 Å². The summed E-state index contributed by atoms with van der Waals surface area (Å²) < 4.78 is 11.0. The number of nitrogens with one attached hydrogen (secondary N) is 1. The maximum atomic E-state index is 12.6. The van der Waals surface area contributed by atoms with Crippen molar-refractivity contribution < 1.29 is 14.3 Å². The zero-order valence-corrected chi connectivity index (χ0v) is 17.4. The van der Waals surface area contributed by atoms with Gasteiger partial charge in [-0.15, -0.1) is 0 Å². The predicted molar refractivity (Wildman–Crippen MR) is 111 cm³/mol. The molecule has 28 heavy (non-hydrogen) atoms. The number of para-hydroxylation sites is 1. The van der Waals surface area contributed by atoms with Crippen LogP contribution in [-0.2, 0) is 16.1 Å². The van der Waals surface area contributed by atoms with E-state index in [-0.39, 0.29) is 11.4 Å². The molecule has 156 valence electrons. The van der Waals surface area contributed by atoms with Crippen LogP contribution < -0.4 is 10.1 Å². The Balaban J connectivity index is 1.52. The highest BCUT2D eigenvalue weighted by molar-refractivity contribution is 5.78. The van der Waals surface area contributed by atoms with Gasteiger partial charge in [0.05, 0.1) is 26.9 Å². The van der Waals surface area contributed by atoms with E-state index in [2.05, 4.69) is 10.2 Å². The number of methoxy groups -OCH3 is 1. The summed E-state index contributed by atoms with van der Waals surface area (Å²) in [5.74, 6) is 0.957. The lowest BCUT2D eigenvalue weighted by Gasteiger charge is -2.48. The molecule has 1 aromatic carbocycles. The number of rotatable bonds is 8. The van der Waals surface area contributed by atoms with E-state index in [1.54, 1.807) is 7.11 Å². The number of carbonyl (C=O) groups is 1. The van der Waals surface area contributed by atoms with Crippen LogP contribution in [0.1, 0.15) is 37.7 Å². The summed E-state index contributed by atoms with van der Waals surface area (Å²) in [4.78, 5) is 17.2. The summed E-state index contributed by atoms with van der Waals surface area (Å²) in [5, 5.41) is 3.24. The van der Waals surface area contributed by atoms with Crippen molar-refractivity contribution >= 4 is 5.91 Å². The minimum absolute atomic E-state index is 0.0932. The van der Waals surface area contributed by atoms with Crippen molar-refractivity contribution in [1.29, 1.82) is 0 Å². The summed E-state index contributed by atoms with van der Waals surface area (Å²) in [7, 11) is 3.66. The van der Waals surface area contributed by atoms with Gasteiger partial charge in [-0.2, -0.15) is 0 Å². The fraction of sp³-hybridized carbons (Fsp3) is 0.682. The number of likely N-dealkylation sites (N-methyl/N-ethyl adjacent to an activating group) is 1. The van der Waals surface area contributed by atoms with Crippen LogP contribution >= 0.6 is 0 Å². The molecule has 1 N–H and O–H groups in total. The van der Waals surface area contributed by atoms with Crippen molar-refractivity contribution in [2.75, 3.05) is 53.6 Å². The molecule has 1 aromatic rings. The molecular weight excluding hydrogens is 354 g/mol. The first kappa shape index (κ1) is 21.1. The molecule has 1 aliphatic carbocycles. The Morgan fingerprint density at radius 1 is 1.21 bits per heavy atom. The van der Waals surface area contributed by atoms with Crippen molar-refractivity contribution in [3.8, 4) is 5.75 Å². The molecule has 2 aliphatic rings. The lowest BCUT2D eigenvalue weighted by atomic mass is 9.79. The third-order valence-electron chi connectivity index (χ3n) is 6.13. The van der Waals surface area contributed by atoms with Gasteiger partial charge in [0.1, 0.15) is 5.75 Å². The molecule has 6 nitrogen and oxygen atoms in total. The van der Waals surface area contributed by atoms with Gasteiger partial charge in [-0.05, 0) is 26.0 Å². The Bertz CT molecular complexity index is 625. The molecule has 1 saturated carbocycles. The van der Waals surface area contributed by atoms with Crippen molar-refractivity contribution in [3.63, 3.8) is 0 Å². The highest BCUT2D eigenvalue weighted by Crippen LogP contribution is 2.33. The average Bonchev–Trinajstić information content (AvgIpc) is 2.74. The maximum absolute atomic E-state index is 12.6. The second kappa shape index (κ2) is 10.2. The standard InChI is InChI=1S/C22H35N3O3/c1-24(16-19-8-4-5-9-20(19)27-2)17-21(26)23-18-22(10-6-3-7-11-22)25-12-14-28-15-13-25/h4-5,8-9H,3,6-7,10-18H2,1-2H3,(H,23,26). The lowest BCUT2D eigenvalue weighted by Crippen LogP contribution is -2.60. The Morgan fingerprint density at radius 3 is 2.64 bits per heavy atom. The van der Waals surface area contributed by atoms with Crippen molar-refractivity contribution in [2.24, 2.45) is 0 Å². The number of hydrogen-bond donors (Lipinski definition) is 1. The van der Waals surface area contributed by atoms with Gasteiger partial charge in [0.2, 0.25) is 5.91 Å². The molecule has 0 unspecified atom stereocenters. The zero-order chi connectivity index (χ0) is 19.8. The lowest BCUT2D eigenvalue weighted by molar-refractivity contribution is -0.123. The Hall–Kier alpha value is -1.63. The molecule has 0 radical (unpaired) electrons. The van der Waals surface area contributed by atoms with Gasteiger partial charge >= 0.3 is 0 Å². The maximum Gasteiger partial charge on any atom is 0.234 e. The smallest absolute Gasteiger partial charge is 0.234 e. The third-order valence-corrected chi connectivity index (χ3v) is 6.13. The first-order chi connectivity index (χ1) is 13.6. The van der Waals surface area contributed by atoms with E-state index in [1.165, 1.54) is 32.1 Å². The first-order valence-electron chi connectivity index (χ1n) is 10.5. The molecule has 6 heteroatoms. The van der Waals surface area contributed by atoms with Gasteiger partial charge in [0.25, 0.3) is 0 Å². The summed E-state index contributed by atoms with van der Waals surface area (Å²) in [5.41, 5.74) is 1.20. The molecule has 1 aliphatic heterocycles. The highest BCUT2D eigenvalue weighted by Gasteiger charge is 2.38. The Kier molecular flexibility index (Phi) is 7.71. The molecule has 3 rings (SSSR count). The summed E-state index contributed by atoms with van der Waals surface area (Å²) >= 11 is 0. The van der Waals surface area contributed by atoms with E-state index >= 15 is 0 Å². The summed E-state index contributed by atoms with van der Waals surface area (Å²) in [6.07, 6.45) is 6.15. The molecule has 1 saturated heterocycles. The second-order valence-corrected chi connectivity index (χ2v) is 8.15. The quantitative estimate of drug-likeness (QED) is 0.739. The normalized spacial score (nSPS) is 20.1. The topological polar surface area (TPSA) is 54.0 Å². The fourth-order valence-corrected chi connectivity index (χ4v) is 4.60. The zero-order valence-electron chi connectivity index (χ0n) is 17.4. The van der Waals surface area contributed by atoms with Crippen LogP contribution in [0.5, 0.6) is 5.75 Å². The van der Waals surface area contributed by atoms with E-state index in [0.29, 0.717) is 13.1 Å². The van der Waals surface area contributed by atoms with E-state index in [1.807, 2.05) is 36.2 Å². The van der Waals surface area contributed by atoms with Crippen LogP contribution in [0.4, 0.5) is 0 Å². The van der Waals surface area contributed by atoms with Crippen LogP contribution in [0, 0.1) is 0 Å². The van der Waals surface area contributed by atoms with E-state index in [4.69, 9.17) is 9.47 Å². The first-order valence-corrected chi connectivity index (χ1v) is 10.5. The van der Waals surface area contributed by atoms with Gasteiger partial charge < -0.3 is 14.8 Å². The van der Waals surface area contributed by atoms with Crippen LogP contribution in [0.2, 0.25) is 0 Å². The van der Waals surface area contributed by atoms with Crippen LogP contribution in [0.3, 0.4) is 0 Å². The average molecular weight is 390 g/mol. The number of benzene rings is 1. The summed E-state index contributed by atoms with van der Waals surface area (Å²) in [6.45, 7) is 5.37. The van der Waals surface area contributed by atoms with E-state index < -0.39 is 0 Å².